The van der Waals surface area contributed by atoms with E-state index in [2.05, 4.69) is 11.4 Å². The molecule has 1 amide bonds. The third-order valence-corrected chi connectivity index (χ3v) is 3.56. The molecule has 1 N–H and O–H groups in total. The van der Waals surface area contributed by atoms with Crippen LogP contribution in [0.5, 0.6) is 11.5 Å². The van der Waals surface area contributed by atoms with Gasteiger partial charge in [-0.15, -0.1) is 0 Å². The van der Waals surface area contributed by atoms with Crippen LogP contribution >= 0.6 is 0 Å². The number of amides is 1. The van der Waals surface area contributed by atoms with Gasteiger partial charge < -0.3 is 14.8 Å². The van der Waals surface area contributed by atoms with E-state index in [4.69, 9.17) is 9.47 Å². The van der Waals surface area contributed by atoms with Crippen molar-refractivity contribution in [2.75, 3.05) is 18.5 Å². The highest BCUT2D eigenvalue weighted by atomic mass is 16.5. The molecule has 0 radical (unpaired) electrons. The van der Waals surface area contributed by atoms with Crippen molar-refractivity contribution in [3.63, 3.8) is 0 Å². The monoisotopic (exact) mass is 338 g/mol. The molecule has 5 nitrogen and oxygen atoms in total. The summed E-state index contributed by atoms with van der Waals surface area (Å²) in [5.74, 6) is 0.872. The van der Waals surface area contributed by atoms with Crippen LogP contribution in [0.25, 0.3) is 0 Å². The SMILES string of the molecule is CCOc1cc(C#N)c(NC(=O)CCc2ccccc2)cc1OCC. The number of nitrogens with one attached hydrogen (secondary N) is 1. The van der Waals surface area contributed by atoms with Crippen LogP contribution in [0.15, 0.2) is 42.5 Å². The van der Waals surface area contributed by atoms with Gasteiger partial charge in [0, 0.05) is 18.6 Å². The van der Waals surface area contributed by atoms with Gasteiger partial charge in [0.1, 0.15) is 6.07 Å². The van der Waals surface area contributed by atoms with Crippen molar-refractivity contribution in [3.05, 3.63) is 53.6 Å². The van der Waals surface area contributed by atoms with Gasteiger partial charge in [-0.1, -0.05) is 30.3 Å². The van der Waals surface area contributed by atoms with Gasteiger partial charge in [0.15, 0.2) is 11.5 Å². The van der Waals surface area contributed by atoms with Crippen LogP contribution < -0.4 is 14.8 Å². The molecule has 0 aliphatic carbocycles. The van der Waals surface area contributed by atoms with Crippen LogP contribution in [0, 0.1) is 11.3 Å². The summed E-state index contributed by atoms with van der Waals surface area (Å²) < 4.78 is 11.1. The molecule has 2 rings (SSSR count). The Bertz CT molecular complexity index is 752. The number of aryl methyl sites for hydroxylation is 1. The fraction of sp³-hybridized carbons (Fsp3) is 0.300. The quantitative estimate of drug-likeness (QED) is 0.792. The van der Waals surface area contributed by atoms with E-state index >= 15 is 0 Å². The molecule has 0 heterocycles. The van der Waals surface area contributed by atoms with E-state index in [1.165, 1.54) is 0 Å². The average Bonchev–Trinajstić information content (AvgIpc) is 2.63. The number of nitrogens with zero attached hydrogens (tertiary/aromatic N) is 1. The molecule has 0 unspecified atom stereocenters. The van der Waals surface area contributed by atoms with Gasteiger partial charge in [-0.05, 0) is 25.8 Å². The van der Waals surface area contributed by atoms with Crippen LogP contribution in [0.4, 0.5) is 5.69 Å². The first kappa shape index (κ1) is 18.3. The molecule has 5 heteroatoms. The van der Waals surface area contributed by atoms with Gasteiger partial charge in [-0.2, -0.15) is 5.26 Å². The predicted octanol–water partition coefficient (Wildman–Crippen LogP) is 3.93. The molecule has 0 aliphatic heterocycles. The summed E-state index contributed by atoms with van der Waals surface area (Å²) in [5.41, 5.74) is 1.88. The molecule has 0 fully saturated rings. The Labute approximate surface area is 148 Å². The number of rotatable bonds is 8. The lowest BCUT2D eigenvalue weighted by molar-refractivity contribution is -0.116. The second kappa shape index (κ2) is 9.33. The van der Waals surface area contributed by atoms with Crippen molar-refractivity contribution in [3.8, 4) is 17.6 Å². The predicted molar refractivity (Wildman–Crippen MR) is 96.9 cm³/mol. The zero-order chi connectivity index (χ0) is 18.1. The summed E-state index contributed by atoms with van der Waals surface area (Å²) in [6.45, 7) is 4.66. The van der Waals surface area contributed by atoms with Gasteiger partial charge in [0.25, 0.3) is 0 Å². The molecule has 0 aliphatic rings. The van der Waals surface area contributed by atoms with Crippen LogP contribution in [0.3, 0.4) is 0 Å². The number of hydrogen-bond donors (Lipinski definition) is 1. The van der Waals surface area contributed by atoms with Crippen LogP contribution in [0.1, 0.15) is 31.4 Å². The Kier molecular flexibility index (Phi) is 6.85. The maximum absolute atomic E-state index is 12.2. The smallest absolute Gasteiger partial charge is 0.224 e. The maximum atomic E-state index is 12.2. The number of anilines is 1. The maximum Gasteiger partial charge on any atom is 0.224 e. The number of benzene rings is 2. The highest BCUT2D eigenvalue weighted by Gasteiger charge is 2.14. The van der Waals surface area contributed by atoms with Gasteiger partial charge in [0.05, 0.1) is 24.5 Å². The minimum Gasteiger partial charge on any atom is -0.490 e. The lowest BCUT2D eigenvalue weighted by atomic mass is 10.1. The first-order valence-corrected chi connectivity index (χ1v) is 8.35. The lowest BCUT2D eigenvalue weighted by Crippen LogP contribution is -2.14. The molecular formula is C20H22N2O3. The van der Waals surface area contributed by atoms with Crippen molar-refractivity contribution >= 4 is 11.6 Å². The Morgan fingerprint density at radius 2 is 1.72 bits per heavy atom. The van der Waals surface area contributed by atoms with E-state index in [-0.39, 0.29) is 5.91 Å². The van der Waals surface area contributed by atoms with Crippen molar-refractivity contribution in [2.24, 2.45) is 0 Å². The second-order valence-corrected chi connectivity index (χ2v) is 5.36. The highest BCUT2D eigenvalue weighted by Crippen LogP contribution is 2.33. The van der Waals surface area contributed by atoms with Crippen molar-refractivity contribution in [1.82, 2.24) is 0 Å². The second-order valence-electron chi connectivity index (χ2n) is 5.36. The molecule has 130 valence electrons. The largest absolute Gasteiger partial charge is 0.490 e. The topological polar surface area (TPSA) is 71.3 Å². The molecule has 0 bridgehead atoms. The number of nitriles is 1. The van der Waals surface area contributed by atoms with Crippen molar-refractivity contribution in [1.29, 1.82) is 5.26 Å². The summed E-state index contributed by atoms with van der Waals surface area (Å²) in [6, 6.07) is 15.1. The molecule has 2 aromatic rings. The molecule has 0 saturated carbocycles. The number of carbonyl (C=O) groups excluding carboxylic acids is 1. The zero-order valence-corrected chi connectivity index (χ0v) is 14.5. The van der Waals surface area contributed by atoms with E-state index in [1.807, 2.05) is 44.2 Å². The zero-order valence-electron chi connectivity index (χ0n) is 14.5. The molecule has 0 saturated heterocycles. The Morgan fingerprint density at radius 1 is 1.08 bits per heavy atom. The summed E-state index contributed by atoms with van der Waals surface area (Å²) >= 11 is 0. The third kappa shape index (κ3) is 5.25. The first-order valence-electron chi connectivity index (χ1n) is 8.35. The van der Waals surface area contributed by atoms with Gasteiger partial charge in [-0.25, -0.2) is 0 Å². The van der Waals surface area contributed by atoms with E-state index in [0.717, 1.165) is 5.56 Å². The van der Waals surface area contributed by atoms with E-state index in [0.29, 0.717) is 48.8 Å². The van der Waals surface area contributed by atoms with E-state index in [9.17, 15) is 10.1 Å². The Morgan fingerprint density at radius 3 is 2.32 bits per heavy atom. The molecule has 0 atom stereocenters. The van der Waals surface area contributed by atoms with E-state index in [1.54, 1.807) is 12.1 Å². The van der Waals surface area contributed by atoms with Gasteiger partial charge in [-0.3, -0.25) is 4.79 Å². The van der Waals surface area contributed by atoms with Crippen LogP contribution in [-0.2, 0) is 11.2 Å². The van der Waals surface area contributed by atoms with Crippen LogP contribution in [-0.4, -0.2) is 19.1 Å². The number of ether oxygens (including phenoxy) is 2. The normalized spacial score (nSPS) is 9.96. The molecule has 25 heavy (non-hydrogen) atoms. The number of hydrogen-bond acceptors (Lipinski definition) is 4. The van der Waals surface area contributed by atoms with Crippen LogP contribution in [0.2, 0.25) is 0 Å². The highest BCUT2D eigenvalue weighted by molar-refractivity contribution is 5.92. The minimum absolute atomic E-state index is 0.146. The third-order valence-electron chi connectivity index (χ3n) is 3.56. The molecule has 2 aromatic carbocycles. The standard InChI is InChI=1S/C20H22N2O3/c1-3-24-18-12-16(14-21)17(13-19(18)25-4-2)22-20(23)11-10-15-8-6-5-7-9-15/h5-9,12-13H,3-4,10-11H2,1-2H3,(H,22,23). The summed E-state index contributed by atoms with van der Waals surface area (Å²) in [4.78, 5) is 12.2. The lowest BCUT2D eigenvalue weighted by Gasteiger charge is -2.14. The summed E-state index contributed by atoms with van der Waals surface area (Å²) in [5, 5.41) is 12.2. The summed E-state index contributed by atoms with van der Waals surface area (Å²) in [6.07, 6.45) is 0.982. The first-order chi connectivity index (χ1) is 12.2. The minimum atomic E-state index is -0.146. The van der Waals surface area contributed by atoms with Gasteiger partial charge >= 0.3 is 0 Å². The fourth-order valence-electron chi connectivity index (χ4n) is 2.41. The summed E-state index contributed by atoms with van der Waals surface area (Å²) in [7, 11) is 0. The van der Waals surface area contributed by atoms with Crippen molar-refractivity contribution < 1.29 is 14.3 Å². The number of carbonyl (C=O) groups is 1. The molecule has 0 aromatic heterocycles. The Balaban J connectivity index is 2.12. The van der Waals surface area contributed by atoms with Crippen molar-refractivity contribution in [2.45, 2.75) is 26.7 Å². The molecule has 0 spiro atoms. The molecular weight excluding hydrogens is 316 g/mol. The van der Waals surface area contributed by atoms with Gasteiger partial charge in [0.2, 0.25) is 5.91 Å². The Hall–Kier alpha value is -3.00. The average molecular weight is 338 g/mol. The fourth-order valence-corrected chi connectivity index (χ4v) is 2.41. The van der Waals surface area contributed by atoms with E-state index < -0.39 is 0 Å².